The zero-order valence-corrected chi connectivity index (χ0v) is 19.3. The fourth-order valence-electron chi connectivity index (χ4n) is 2.99. The number of hydrazone groups is 1. The second-order valence-corrected chi connectivity index (χ2v) is 8.22. The SMILES string of the molecule is CC(C)C(NC(=O)c1ccccc1)C(=O)N/N=C/c1ccc(OCc2ccc(Cl)cc2)cc1. The number of rotatable bonds is 9. The number of amides is 2. The van der Waals surface area contributed by atoms with Crippen molar-refractivity contribution in [2.75, 3.05) is 0 Å². The summed E-state index contributed by atoms with van der Waals surface area (Å²) >= 11 is 5.89. The van der Waals surface area contributed by atoms with Gasteiger partial charge >= 0.3 is 0 Å². The molecule has 2 N–H and O–H groups in total. The fraction of sp³-hybridized carbons (Fsp3) is 0.192. The number of ether oxygens (including phenoxy) is 1. The Hall–Kier alpha value is -3.64. The van der Waals surface area contributed by atoms with Crippen LogP contribution in [-0.2, 0) is 11.4 Å². The largest absolute Gasteiger partial charge is 0.489 e. The van der Waals surface area contributed by atoms with E-state index in [-0.39, 0.29) is 17.7 Å². The highest BCUT2D eigenvalue weighted by molar-refractivity contribution is 6.30. The lowest BCUT2D eigenvalue weighted by molar-refractivity contribution is -0.123. The van der Waals surface area contributed by atoms with Gasteiger partial charge in [0.2, 0.25) is 0 Å². The van der Waals surface area contributed by atoms with Crippen LogP contribution in [0.5, 0.6) is 5.75 Å². The standard InChI is InChI=1S/C26H26ClN3O3/c1-18(2)24(29-25(31)21-6-4-3-5-7-21)26(32)30-28-16-19-10-14-23(15-11-19)33-17-20-8-12-22(27)13-9-20/h3-16,18,24H,17H2,1-2H3,(H,29,31)(H,30,32)/b28-16+. The second-order valence-electron chi connectivity index (χ2n) is 7.78. The molecule has 0 aliphatic heterocycles. The molecule has 0 aliphatic carbocycles. The van der Waals surface area contributed by atoms with Crippen molar-refractivity contribution >= 4 is 29.6 Å². The van der Waals surface area contributed by atoms with E-state index in [0.717, 1.165) is 16.9 Å². The van der Waals surface area contributed by atoms with Crippen molar-refractivity contribution in [2.45, 2.75) is 26.5 Å². The van der Waals surface area contributed by atoms with Crippen molar-refractivity contribution < 1.29 is 14.3 Å². The maximum absolute atomic E-state index is 12.6. The molecule has 2 amide bonds. The quantitative estimate of drug-likeness (QED) is 0.352. The number of hydrogen-bond acceptors (Lipinski definition) is 4. The Bertz CT molecular complexity index is 1080. The molecule has 0 aliphatic rings. The van der Waals surface area contributed by atoms with E-state index < -0.39 is 6.04 Å². The summed E-state index contributed by atoms with van der Waals surface area (Å²) in [5.74, 6) is -0.0735. The van der Waals surface area contributed by atoms with Gasteiger partial charge in [0, 0.05) is 10.6 Å². The van der Waals surface area contributed by atoms with Crippen LogP contribution >= 0.6 is 11.6 Å². The molecule has 7 heteroatoms. The Balaban J connectivity index is 1.51. The van der Waals surface area contributed by atoms with Gasteiger partial charge in [-0.05, 0) is 65.6 Å². The van der Waals surface area contributed by atoms with Crippen LogP contribution < -0.4 is 15.5 Å². The average molecular weight is 464 g/mol. The van der Waals surface area contributed by atoms with Gasteiger partial charge in [-0.3, -0.25) is 9.59 Å². The summed E-state index contributed by atoms with van der Waals surface area (Å²) in [6.07, 6.45) is 1.54. The molecular weight excluding hydrogens is 438 g/mol. The molecule has 33 heavy (non-hydrogen) atoms. The first-order valence-electron chi connectivity index (χ1n) is 10.6. The lowest BCUT2D eigenvalue weighted by Crippen LogP contribution is -2.48. The van der Waals surface area contributed by atoms with Crippen molar-refractivity contribution in [1.82, 2.24) is 10.7 Å². The van der Waals surface area contributed by atoms with Gasteiger partial charge in [-0.25, -0.2) is 5.43 Å². The number of benzene rings is 3. The summed E-state index contributed by atoms with van der Waals surface area (Å²) in [6, 6.07) is 22.9. The molecular formula is C26H26ClN3O3. The van der Waals surface area contributed by atoms with E-state index in [1.807, 2.05) is 68.4 Å². The van der Waals surface area contributed by atoms with E-state index in [1.54, 1.807) is 24.3 Å². The molecule has 6 nitrogen and oxygen atoms in total. The monoisotopic (exact) mass is 463 g/mol. The molecule has 3 rings (SSSR count). The molecule has 1 unspecified atom stereocenters. The highest BCUT2D eigenvalue weighted by atomic mass is 35.5. The van der Waals surface area contributed by atoms with Crippen LogP contribution in [0.3, 0.4) is 0 Å². The Morgan fingerprint density at radius 1 is 0.970 bits per heavy atom. The smallest absolute Gasteiger partial charge is 0.262 e. The van der Waals surface area contributed by atoms with Gasteiger partial charge in [0.05, 0.1) is 6.21 Å². The number of nitrogens with zero attached hydrogens (tertiary/aromatic N) is 1. The fourth-order valence-corrected chi connectivity index (χ4v) is 3.11. The lowest BCUT2D eigenvalue weighted by Gasteiger charge is -2.20. The lowest BCUT2D eigenvalue weighted by atomic mass is 10.0. The van der Waals surface area contributed by atoms with Gasteiger partial charge < -0.3 is 10.1 Å². The normalized spacial score (nSPS) is 11.9. The molecule has 0 aromatic heterocycles. The van der Waals surface area contributed by atoms with Gasteiger partial charge in [-0.1, -0.05) is 55.8 Å². The van der Waals surface area contributed by atoms with E-state index >= 15 is 0 Å². The van der Waals surface area contributed by atoms with Gasteiger partial charge in [0.25, 0.3) is 11.8 Å². The van der Waals surface area contributed by atoms with E-state index in [4.69, 9.17) is 16.3 Å². The minimum absolute atomic E-state index is 0.107. The van der Waals surface area contributed by atoms with E-state index in [2.05, 4.69) is 15.8 Å². The van der Waals surface area contributed by atoms with Gasteiger partial charge in [0.15, 0.2) is 0 Å². The Kier molecular flexibility index (Phi) is 8.61. The van der Waals surface area contributed by atoms with Crippen molar-refractivity contribution in [3.8, 4) is 5.75 Å². The maximum Gasteiger partial charge on any atom is 0.262 e. The summed E-state index contributed by atoms with van der Waals surface area (Å²) in [5.41, 5.74) is 4.82. The third-order valence-corrected chi connectivity index (χ3v) is 5.11. The van der Waals surface area contributed by atoms with E-state index in [1.165, 1.54) is 6.21 Å². The molecule has 0 saturated heterocycles. The first kappa shape index (κ1) is 24.0. The van der Waals surface area contributed by atoms with Gasteiger partial charge in [-0.15, -0.1) is 0 Å². The molecule has 0 spiro atoms. The number of nitrogens with one attached hydrogen (secondary N) is 2. The minimum atomic E-state index is -0.710. The Morgan fingerprint density at radius 2 is 1.64 bits per heavy atom. The van der Waals surface area contributed by atoms with Crippen LogP contribution in [0.2, 0.25) is 5.02 Å². The third kappa shape index (κ3) is 7.47. The molecule has 3 aromatic rings. The summed E-state index contributed by atoms with van der Waals surface area (Å²) < 4.78 is 5.76. The molecule has 0 bridgehead atoms. The Labute approximate surface area is 198 Å². The number of carbonyl (C=O) groups excluding carboxylic acids is 2. The first-order valence-corrected chi connectivity index (χ1v) is 11.0. The molecule has 1 atom stereocenters. The van der Waals surface area contributed by atoms with Crippen LogP contribution in [0, 0.1) is 5.92 Å². The Morgan fingerprint density at radius 3 is 2.27 bits per heavy atom. The highest BCUT2D eigenvalue weighted by Crippen LogP contribution is 2.15. The number of carbonyl (C=O) groups is 2. The second kappa shape index (κ2) is 11.8. The zero-order valence-electron chi connectivity index (χ0n) is 18.5. The zero-order chi connectivity index (χ0) is 23.6. The number of hydrogen-bond donors (Lipinski definition) is 2. The summed E-state index contributed by atoms with van der Waals surface area (Å²) in [4.78, 5) is 25.0. The van der Waals surface area contributed by atoms with Gasteiger partial charge in [-0.2, -0.15) is 5.10 Å². The molecule has 170 valence electrons. The topological polar surface area (TPSA) is 79.8 Å². The number of halogens is 1. The van der Waals surface area contributed by atoms with Crippen LogP contribution in [0.25, 0.3) is 0 Å². The van der Waals surface area contributed by atoms with Crippen molar-refractivity contribution in [3.05, 3.63) is 101 Å². The van der Waals surface area contributed by atoms with Crippen LogP contribution in [0.1, 0.15) is 35.3 Å². The molecule has 0 radical (unpaired) electrons. The van der Waals surface area contributed by atoms with Crippen molar-refractivity contribution in [2.24, 2.45) is 11.0 Å². The summed E-state index contributed by atoms with van der Waals surface area (Å²) in [6.45, 7) is 4.16. The van der Waals surface area contributed by atoms with E-state index in [0.29, 0.717) is 17.2 Å². The summed E-state index contributed by atoms with van der Waals surface area (Å²) in [5, 5.41) is 7.49. The van der Waals surface area contributed by atoms with Crippen LogP contribution in [0.4, 0.5) is 0 Å². The maximum atomic E-state index is 12.6. The molecule has 0 fully saturated rings. The van der Waals surface area contributed by atoms with Crippen LogP contribution in [-0.4, -0.2) is 24.1 Å². The third-order valence-electron chi connectivity index (χ3n) is 4.86. The van der Waals surface area contributed by atoms with Gasteiger partial charge in [0.1, 0.15) is 18.4 Å². The van der Waals surface area contributed by atoms with Crippen LogP contribution in [0.15, 0.2) is 84.0 Å². The first-order chi connectivity index (χ1) is 15.9. The van der Waals surface area contributed by atoms with E-state index in [9.17, 15) is 9.59 Å². The van der Waals surface area contributed by atoms with Crippen molar-refractivity contribution in [3.63, 3.8) is 0 Å². The molecule has 0 saturated carbocycles. The minimum Gasteiger partial charge on any atom is -0.489 e. The van der Waals surface area contributed by atoms with Crippen molar-refractivity contribution in [1.29, 1.82) is 0 Å². The summed E-state index contributed by atoms with van der Waals surface area (Å²) in [7, 11) is 0. The molecule has 0 heterocycles. The predicted octanol–water partition coefficient (Wildman–Crippen LogP) is 4.82. The predicted molar refractivity (Wildman–Crippen MR) is 130 cm³/mol. The highest BCUT2D eigenvalue weighted by Gasteiger charge is 2.24. The average Bonchev–Trinajstić information content (AvgIpc) is 2.83. The molecule has 3 aromatic carbocycles.